The molecule has 1 aromatic rings. The Balaban J connectivity index is 1.64. The third-order valence-electron chi connectivity index (χ3n) is 5.76. The van der Waals surface area contributed by atoms with Crippen molar-refractivity contribution in [2.24, 2.45) is 5.41 Å². The van der Waals surface area contributed by atoms with Gasteiger partial charge in [-0.2, -0.15) is 0 Å². The largest absolute Gasteiger partial charge is 0.378 e. The summed E-state index contributed by atoms with van der Waals surface area (Å²) in [6.45, 7) is 6.60. The highest BCUT2D eigenvalue weighted by Crippen LogP contribution is 2.44. The van der Waals surface area contributed by atoms with Crippen LogP contribution in [0.15, 0.2) is 18.2 Å². The first-order chi connectivity index (χ1) is 12.5. The number of amides is 2. The molecule has 1 aromatic carbocycles. The lowest BCUT2D eigenvalue weighted by atomic mass is 9.78. The van der Waals surface area contributed by atoms with Crippen LogP contribution in [0, 0.1) is 19.3 Å². The smallest absolute Gasteiger partial charge is 0.224 e. The fraction of sp³-hybridized carbons (Fsp3) is 0.619. The molecule has 2 fully saturated rings. The van der Waals surface area contributed by atoms with Crippen molar-refractivity contribution in [2.75, 3.05) is 31.6 Å². The Morgan fingerprint density at radius 1 is 1.12 bits per heavy atom. The molecule has 0 aromatic heterocycles. The zero-order valence-corrected chi connectivity index (χ0v) is 16.0. The maximum absolute atomic E-state index is 12.7. The lowest BCUT2D eigenvalue weighted by Gasteiger charge is -2.33. The first-order valence-corrected chi connectivity index (χ1v) is 9.70. The van der Waals surface area contributed by atoms with Gasteiger partial charge in [0.05, 0.1) is 13.2 Å². The van der Waals surface area contributed by atoms with E-state index in [-0.39, 0.29) is 17.2 Å². The molecule has 1 heterocycles. The van der Waals surface area contributed by atoms with Gasteiger partial charge in [0.1, 0.15) is 0 Å². The fourth-order valence-electron chi connectivity index (χ4n) is 4.19. The van der Waals surface area contributed by atoms with Gasteiger partial charge in [0.25, 0.3) is 0 Å². The molecule has 1 aliphatic carbocycles. The summed E-state index contributed by atoms with van der Waals surface area (Å²) in [6.07, 6.45) is 5.04. The molecule has 0 atom stereocenters. The zero-order valence-electron chi connectivity index (χ0n) is 16.0. The molecular weight excluding hydrogens is 328 g/mol. The summed E-state index contributed by atoms with van der Waals surface area (Å²) in [5.41, 5.74) is 2.89. The molecule has 142 valence electrons. The van der Waals surface area contributed by atoms with Crippen LogP contribution >= 0.6 is 0 Å². The third-order valence-corrected chi connectivity index (χ3v) is 5.76. The van der Waals surface area contributed by atoms with Crippen LogP contribution in [0.3, 0.4) is 0 Å². The molecule has 0 radical (unpaired) electrons. The van der Waals surface area contributed by atoms with Gasteiger partial charge in [-0.15, -0.1) is 0 Å². The van der Waals surface area contributed by atoms with Crippen LogP contribution in [0.2, 0.25) is 0 Å². The third kappa shape index (κ3) is 4.64. The number of hydrogen-bond acceptors (Lipinski definition) is 3. The number of ether oxygens (including phenoxy) is 1. The molecular formula is C21H30N2O3. The molecule has 3 rings (SSSR count). The second-order valence-electron chi connectivity index (χ2n) is 7.92. The van der Waals surface area contributed by atoms with Crippen LogP contribution in [0.25, 0.3) is 0 Å². The monoisotopic (exact) mass is 358 g/mol. The number of nitrogens with one attached hydrogen (secondary N) is 1. The highest BCUT2D eigenvalue weighted by Gasteiger charge is 2.39. The highest BCUT2D eigenvalue weighted by atomic mass is 16.5. The number of anilines is 1. The van der Waals surface area contributed by atoms with E-state index in [4.69, 9.17) is 4.74 Å². The van der Waals surface area contributed by atoms with Crippen LogP contribution < -0.4 is 5.32 Å². The van der Waals surface area contributed by atoms with Crippen LogP contribution in [0.5, 0.6) is 0 Å². The van der Waals surface area contributed by atoms with Gasteiger partial charge in [0.15, 0.2) is 0 Å². The highest BCUT2D eigenvalue weighted by molar-refractivity contribution is 5.92. The van der Waals surface area contributed by atoms with Crippen molar-refractivity contribution < 1.29 is 14.3 Å². The van der Waals surface area contributed by atoms with Gasteiger partial charge in [0, 0.05) is 31.6 Å². The Labute approximate surface area is 156 Å². The quantitative estimate of drug-likeness (QED) is 0.877. The molecule has 26 heavy (non-hydrogen) atoms. The molecule has 1 N–H and O–H groups in total. The van der Waals surface area contributed by atoms with Gasteiger partial charge in [-0.1, -0.05) is 25.0 Å². The van der Waals surface area contributed by atoms with Crippen LogP contribution in [-0.2, 0) is 14.3 Å². The van der Waals surface area contributed by atoms with Crippen molar-refractivity contribution >= 4 is 17.5 Å². The molecule has 2 amide bonds. The van der Waals surface area contributed by atoms with Crippen molar-refractivity contribution in [1.29, 1.82) is 0 Å². The molecule has 1 saturated carbocycles. The first kappa shape index (κ1) is 18.9. The average molecular weight is 358 g/mol. The van der Waals surface area contributed by atoms with E-state index >= 15 is 0 Å². The van der Waals surface area contributed by atoms with E-state index in [9.17, 15) is 9.59 Å². The van der Waals surface area contributed by atoms with Gasteiger partial charge >= 0.3 is 0 Å². The summed E-state index contributed by atoms with van der Waals surface area (Å²) in [5.74, 6) is 0.199. The molecule has 1 aliphatic heterocycles. The number of benzene rings is 1. The number of rotatable bonds is 5. The summed E-state index contributed by atoms with van der Waals surface area (Å²) in [5, 5.41) is 3.07. The van der Waals surface area contributed by atoms with E-state index in [0.717, 1.165) is 42.5 Å². The molecule has 0 spiro atoms. The minimum Gasteiger partial charge on any atom is -0.378 e. The normalized spacial score (nSPS) is 19.4. The number of aryl methyl sites for hydroxylation is 2. The molecule has 0 unspecified atom stereocenters. The maximum atomic E-state index is 12.7. The number of hydrogen-bond donors (Lipinski definition) is 1. The van der Waals surface area contributed by atoms with Gasteiger partial charge in [-0.3, -0.25) is 9.59 Å². The molecule has 5 nitrogen and oxygen atoms in total. The minimum absolute atomic E-state index is 0.0235. The average Bonchev–Trinajstić information content (AvgIpc) is 3.06. The molecule has 2 aliphatic rings. The zero-order chi connectivity index (χ0) is 18.6. The van der Waals surface area contributed by atoms with Gasteiger partial charge in [-0.05, 0) is 49.3 Å². The second-order valence-corrected chi connectivity index (χ2v) is 7.92. The van der Waals surface area contributed by atoms with Crippen LogP contribution in [0.4, 0.5) is 5.69 Å². The van der Waals surface area contributed by atoms with Gasteiger partial charge < -0.3 is 15.0 Å². The Morgan fingerprint density at radius 3 is 2.50 bits per heavy atom. The Bertz CT molecular complexity index is 659. The SMILES string of the molecule is Cc1ccc(C)c(NC(=O)CC2(CC(=O)N3CCOCC3)CCCC2)c1. The summed E-state index contributed by atoms with van der Waals surface area (Å²) < 4.78 is 5.34. The molecule has 5 heteroatoms. The maximum Gasteiger partial charge on any atom is 0.224 e. The van der Waals surface area contributed by atoms with Crippen molar-refractivity contribution in [2.45, 2.75) is 52.4 Å². The lowest BCUT2D eigenvalue weighted by molar-refractivity contribution is -0.138. The number of carbonyl (C=O) groups excluding carboxylic acids is 2. The van der Waals surface area contributed by atoms with E-state index < -0.39 is 0 Å². The predicted octanol–water partition coefficient (Wildman–Crippen LogP) is 3.44. The lowest BCUT2D eigenvalue weighted by Crippen LogP contribution is -2.43. The number of morpholine rings is 1. The van der Waals surface area contributed by atoms with E-state index in [1.165, 1.54) is 0 Å². The van der Waals surface area contributed by atoms with Gasteiger partial charge in [-0.25, -0.2) is 0 Å². The molecule has 0 bridgehead atoms. The first-order valence-electron chi connectivity index (χ1n) is 9.70. The Kier molecular flexibility index (Phi) is 5.97. The van der Waals surface area contributed by atoms with Crippen molar-refractivity contribution in [3.63, 3.8) is 0 Å². The summed E-state index contributed by atoms with van der Waals surface area (Å²) in [6, 6.07) is 6.08. The fourth-order valence-corrected chi connectivity index (χ4v) is 4.19. The van der Waals surface area contributed by atoms with Crippen LogP contribution in [0.1, 0.15) is 49.7 Å². The van der Waals surface area contributed by atoms with E-state index in [1.54, 1.807) is 0 Å². The van der Waals surface area contributed by atoms with Gasteiger partial charge in [0.2, 0.25) is 11.8 Å². The van der Waals surface area contributed by atoms with E-state index in [2.05, 4.69) is 5.32 Å². The Morgan fingerprint density at radius 2 is 1.81 bits per heavy atom. The predicted molar refractivity (Wildman–Crippen MR) is 102 cm³/mol. The Hall–Kier alpha value is -1.88. The number of nitrogens with zero attached hydrogens (tertiary/aromatic N) is 1. The van der Waals surface area contributed by atoms with Crippen molar-refractivity contribution in [3.8, 4) is 0 Å². The summed E-state index contributed by atoms with van der Waals surface area (Å²) in [4.78, 5) is 27.4. The number of carbonyl (C=O) groups is 2. The van der Waals surface area contributed by atoms with Crippen molar-refractivity contribution in [1.82, 2.24) is 4.90 Å². The van der Waals surface area contributed by atoms with E-state index in [0.29, 0.717) is 39.1 Å². The van der Waals surface area contributed by atoms with E-state index in [1.807, 2.05) is 36.9 Å². The molecule has 1 saturated heterocycles. The topological polar surface area (TPSA) is 58.6 Å². The summed E-state index contributed by atoms with van der Waals surface area (Å²) >= 11 is 0. The van der Waals surface area contributed by atoms with Crippen molar-refractivity contribution in [3.05, 3.63) is 29.3 Å². The summed E-state index contributed by atoms with van der Waals surface area (Å²) in [7, 11) is 0. The van der Waals surface area contributed by atoms with Crippen LogP contribution in [-0.4, -0.2) is 43.0 Å². The minimum atomic E-state index is -0.183. The standard InChI is InChI=1S/C21H30N2O3/c1-16-5-6-17(2)18(13-16)22-19(24)14-21(7-3-4-8-21)15-20(25)23-9-11-26-12-10-23/h5-6,13H,3-4,7-12,14-15H2,1-2H3,(H,22,24). The second kappa shape index (κ2) is 8.21.